The van der Waals surface area contributed by atoms with Gasteiger partial charge in [0.1, 0.15) is 5.75 Å². The van der Waals surface area contributed by atoms with Gasteiger partial charge in [0.05, 0.1) is 6.07 Å². The molecule has 1 rings (SSSR count). The predicted molar refractivity (Wildman–Crippen MR) is 74.9 cm³/mol. The van der Waals surface area contributed by atoms with Crippen LogP contribution in [0.1, 0.15) is 39.0 Å². The molecule has 0 saturated carbocycles. The van der Waals surface area contributed by atoms with E-state index in [0.717, 1.165) is 37.9 Å². The zero-order valence-electron chi connectivity index (χ0n) is 11.3. The minimum atomic E-state index is -0.307. The van der Waals surface area contributed by atoms with Crippen LogP contribution in [0.3, 0.4) is 0 Å². The van der Waals surface area contributed by atoms with Crippen LogP contribution in [0.25, 0.3) is 0 Å². The topological polar surface area (TPSA) is 62.1 Å². The van der Waals surface area contributed by atoms with Crippen LogP contribution in [-0.4, -0.2) is 12.5 Å². The third kappa shape index (κ3) is 7.10. The summed E-state index contributed by atoms with van der Waals surface area (Å²) in [5, 5.41) is 11.7. The summed E-state index contributed by atoms with van der Waals surface area (Å²) in [6.45, 7) is 2.30. The second-order valence-corrected chi connectivity index (χ2v) is 4.37. The molecule has 4 heteroatoms. The molecule has 0 aromatic heterocycles. The molecule has 0 saturated heterocycles. The maximum Gasteiger partial charge on any atom is 0.308 e. The minimum Gasteiger partial charge on any atom is -0.427 e. The van der Waals surface area contributed by atoms with Gasteiger partial charge in [-0.1, -0.05) is 12.8 Å². The molecular weight excluding hydrogens is 240 g/mol. The first-order valence-corrected chi connectivity index (χ1v) is 6.61. The van der Waals surface area contributed by atoms with Crippen LogP contribution in [0.4, 0.5) is 5.69 Å². The Morgan fingerprint density at radius 2 is 1.89 bits per heavy atom. The summed E-state index contributed by atoms with van der Waals surface area (Å²) in [6.07, 6.45) is 5.00. The van der Waals surface area contributed by atoms with Crippen molar-refractivity contribution in [3.8, 4) is 11.8 Å². The molecule has 0 aliphatic rings. The molecule has 102 valence electrons. The van der Waals surface area contributed by atoms with E-state index in [2.05, 4.69) is 11.4 Å². The number of rotatable bonds is 8. The first-order valence-electron chi connectivity index (χ1n) is 6.61. The first kappa shape index (κ1) is 15.0. The molecule has 1 N–H and O–H groups in total. The number of nitrogens with zero attached hydrogens (tertiary/aromatic N) is 1. The van der Waals surface area contributed by atoms with Gasteiger partial charge < -0.3 is 10.1 Å². The standard InChI is InChI=1S/C15H20N2O2/c1-13(18)19-15-9-7-14(8-10-15)17-12-6-4-2-3-5-11-16/h7-10,17H,2-6,12H2,1H3. The number of unbranched alkanes of at least 4 members (excludes halogenated alkanes) is 4. The molecule has 0 aliphatic carbocycles. The van der Waals surface area contributed by atoms with E-state index in [0.29, 0.717) is 12.2 Å². The van der Waals surface area contributed by atoms with Crippen LogP contribution in [0.15, 0.2) is 24.3 Å². The van der Waals surface area contributed by atoms with E-state index in [9.17, 15) is 4.79 Å². The van der Waals surface area contributed by atoms with Crippen molar-refractivity contribution in [2.45, 2.75) is 39.0 Å². The lowest BCUT2D eigenvalue weighted by atomic mass is 10.1. The summed E-state index contributed by atoms with van der Waals surface area (Å²) in [7, 11) is 0. The number of benzene rings is 1. The van der Waals surface area contributed by atoms with Gasteiger partial charge in [0.2, 0.25) is 0 Å². The fourth-order valence-corrected chi connectivity index (χ4v) is 1.72. The number of nitrogens with one attached hydrogen (secondary N) is 1. The van der Waals surface area contributed by atoms with Gasteiger partial charge in [-0.15, -0.1) is 0 Å². The van der Waals surface area contributed by atoms with Crippen molar-refractivity contribution in [1.29, 1.82) is 5.26 Å². The lowest BCUT2D eigenvalue weighted by Crippen LogP contribution is -2.03. The van der Waals surface area contributed by atoms with Crippen molar-refractivity contribution in [3.63, 3.8) is 0 Å². The minimum absolute atomic E-state index is 0.307. The number of anilines is 1. The van der Waals surface area contributed by atoms with E-state index in [1.165, 1.54) is 6.92 Å². The molecule has 1 aromatic carbocycles. The number of ether oxygens (including phenoxy) is 1. The average molecular weight is 260 g/mol. The SMILES string of the molecule is CC(=O)Oc1ccc(NCCCCCCC#N)cc1. The smallest absolute Gasteiger partial charge is 0.308 e. The molecule has 1 aromatic rings. The first-order chi connectivity index (χ1) is 9.22. The van der Waals surface area contributed by atoms with Gasteiger partial charge in [0.15, 0.2) is 0 Å². The third-order valence-corrected chi connectivity index (χ3v) is 2.66. The zero-order valence-corrected chi connectivity index (χ0v) is 11.3. The number of carbonyl (C=O) groups is 1. The Morgan fingerprint density at radius 1 is 1.21 bits per heavy atom. The van der Waals surface area contributed by atoms with Crippen molar-refractivity contribution < 1.29 is 9.53 Å². The highest BCUT2D eigenvalue weighted by molar-refractivity contribution is 5.69. The number of nitriles is 1. The maximum atomic E-state index is 10.8. The molecule has 0 heterocycles. The van der Waals surface area contributed by atoms with E-state index < -0.39 is 0 Å². The molecule has 0 bridgehead atoms. The second-order valence-electron chi connectivity index (χ2n) is 4.37. The van der Waals surface area contributed by atoms with Crippen LogP contribution in [0.2, 0.25) is 0 Å². The number of hydrogen-bond acceptors (Lipinski definition) is 4. The third-order valence-electron chi connectivity index (χ3n) is 2.66. The molecular formula is C15H20N2O2. The second kappa shape index (κ2) is 8.98. The Balaban J connectivity index is 2.16. The van der Waals surface area contributed by atoms with Crippen LogP contribution < -0.4 is 10.1 Å². The van der Waals surface area contributed by atoms with E-state index in [-0.39, 0.29) is 5.97 Å². The van der Waals surface area contributed by atoms with E-state index in [1.54, 1.807) is 12.1 Å². The Bertz CT molecular complexity index is 421. The zero-order chi connectivity index (χ0) is 13.9. The number of carbonyl (C=O) groups excluding carboxylic acids is 1. The predicted octanol–water partition coefficient (Wildman–Crippen LogP) is 3.50. The summed E-state index contributed by atoms with van der Waals surface area (Å²) in [5.74, 6) is 0.257. The Hall–Kier alpha value is -2.02. The van der Waals surface area contributed by atoms with Crippen LogP contribution in [-0.2, 0) is 4.79 Å². The summed E-state index contributed by atoms with van der Waals surface area (Å²) >= 11 is 0. The Labute approximate surface area is 114 Å². The molecule has 0 unspecified atom stereocenters. The molecule has 0 atom stereocenters. The monoisotopic (exact) mass is 260 g/mol. The number of hydrogen-bond donors (Lipinski definition) is 1. The summed E-state index contributed by atoms with van der Waals surface area (Å²) in [6, 6.07) is 9.49. The van der Waals surface area contributed by atoms with Crippen molar-refractivity contribution in [1.82, 2.24) is 0 Å². The quantitative estimate of drug-likeness (QED) is 0.441. The Morgan fingerprint density at radius 3 is 2.53 bits per heavy atom. The fraction of sp³-hybridized carbons (Fsp3) is 0.467. The normalized spacial score (nSPS) is 9.68. The molecule has 0 spiro atoms. The summed E-state index contributed by atoms with van der Waals surface area (Å²) < 4.78 is 4.96. The summed E-state index contributed by atoms with van der Waals surface area (Å²) in [5.41, 5.74) is 1.02. The van der Waals surface area contributed by atoms with E-state index in [4.69, 9.17) is 10.00 Å². The maximum absolute atomic E-state index is 10.8. The highest BCUT2D eigenvalue weighted by Crippen LogP contribution is 2.16. The van der Waals surface area contributed by atoms with Gasteiger partial charge in [-0.3, -0.25) is 4.79 Å². The largest absolute Gasteiger partial charge is 0.427 e. The highest BCUT2D eigenvalue weighted by Gasteiger charge is 1.98. The van der Waals surface area contributed by atoms with E-state index in [1.807, 2.05) is 12.1 Å². The van der Waals surface area contributed by atoms with E-state index >= 15 is 0 Å². The molecule has 0 aliphatic heterocycles. The van der Waals surface area contributed by atoms with Gasteiger partial charge in [0, 0.05) is 25.6 Å². The molecule has 0 fully saturated rings. The van der Waals surface area contributed by atoms with Gasteiger partial charge in [-0.2, -0.15) is 5.26 Å². The van der Waals surface area contributed by atoms with Gasteiger partial charge in [-0.05, 0) is 37.1 Å². The molecule has 4 nitrogen and oxygen atoms in total. The van der Waals surface area contributed by atoms with Gasteiger partial charge in [-0.25, -0.2) is 0 Å². The fourth-order valence-electron chi connectivity index (χ4n) is 1.72. The number of esters is 1. The lowest BCUT2D eigenvalue weighted by molar-refractivity contribution is -0.131. The van der Waals surface area contributed by atoms with Crippen molar-refractivity contribution in [3.05, 3.63) is 24.3 Å². The van der Waals surface area contributed by atoms with Crippen molar-refractivity contribution in [2.75, 3.05) is 11.9 Å². The van der Waals surface area contributed by atoms with Crippen molar-refractivity contribution in [2.24, 2.45) is 0 Å². The van der Waals surface area contributed by atoms with Gasteiger partial charge >= 0.3 is 5.97 Å². The van der Waals surface area contributed by atoms with Gasteiger partial charge in [0.25, 0.3) is 0 Å². The van der Waals surface area contributed by atoms with Crippen LogP contribution in [0.5, 0.6) is 5.75 Å². The molecule has 0 amide bonds. The summed E-state index contributed by atoms with van der Waals surface area (Å²) in [4.78, 5) is 10.8. The average Bonchev–Trinajstić information content (AvgIpc) is 2.39. The molecule has 19 heavy (non-hydrogen) atoms. The van der Waals surface area contributed by atoms with Crippen molar-refractivity contribution >= 4 is 11.7 Å². The highest BCUT2D eigenvalue weighted by atomic mass is 16.5. The van der Waals surface area contributed by atoms with Crippen LogP contribution >= 0.6 is 0 Å². The lowest BCUT2D eigenvalue weighted by Gasteiger charge is -2.07. The molecule has 0 radical (unpaired) electrons. The van der Waals surface area contributed by atoms with Crippen LogP contribution in [0, 0.1) is 11.3 Å². The Kier molecular flexibility index (Phi) is 7.11.